The van der Waals surface area contributed by atoms with Crippen LogP contribution in [0.25, 0.3) is 0 Å². The van der Waals surface area contributed by atoms with E-state index in [1.165, 1.54) is 13.8 Å². The molecule has 40 atom stereocenters. The highest BCUT2D eigenvalue weighted by atomic mass is 16.8. The monoisotopic (exact) mass is 1450 g/mol. The van der Waals surface area contributed by atoms with E-state index in [9.17, 15) is 107 Å². The van der Waals surface area contributed by atoms with E-state index < -0.39 is 264 Å². The molecule has 6 heterocycles. The highest BCUT2D eigenvalue weighted by molar-refractivity contribution is 5.32. The quantitative estimate of drug-likeness (QED) is 0.0423. The molecule has 9 fully saturated rings. The zero-order valence-electron chi connectivity index (χ0n) is 58.1. The van der Waals surface area contributed by atoms with Gasteiger partial charge in [-0.15, -0.1) is 0 Å². The van der Waals surface area contributed by atoms with Gasteiger partial charge >= 0.3 is 0 Å². The van der Waals surface area contributed by atoms with Crippen molar-refractivity contribution in [1.29, 1.82) is 0 Å². The molecule has 10 aliphatic rings. The summed E-state index contributed by atoms with van der Waals surface area (Å²) in [6, 6.07) is 0. The van der Waals surface area contributed by atoms with E-state index in [0.717, 1.165) is 18.4 Å². The average molecular weight is 1450 g/mol. The summed E-state index contributed by atoms with van der Waals surface area (Å²) in [4.78, 5) is 0. The largest absolute Gasteiger partial charge is 0.394 e. The maximum Gasteiger partial charge on any atom is 0.187 e. The molecule has 33 heteroatoms. The molecule has 6 saturated heterocycles. The summed E-state index contributed by atoms with van der Waals surface area (Å²) in [5, 5.41) is 230. The van der Waals surface area contributed by atoms with Crippen molar-refractivity contribution in [2.75, 3.05) is 39.6 Å². The number of hydrogen-bond acceptors (Lipinski definition) is 33. The van der Waals surface area contributed by atoms with E-state index in [1.54, 1.807) is 6.92 Å². The predicted octanol–water partition coefficient (Wildman–Crippen LogP) is -6.31. The van der Waals surface area contributed by atoms with Crippen molar-refractivity contribution in [3.05, 3.63) is 11.6 Å². The first-order valence-electron chi connectivity index (χ1n) is 35.4. The van der Waals surface area contributed by atoms with Crippen LogP contribution in [0.3, 0.4) is 0 Å². The van der Waals surface area contributed by atoms with Crippen molar-refractivity contribution < 1.29 is 164 Å². The number of allylic oxidation sites excluding steroid dienone is 1. The minimum absolute atomic E-state index is 0.0232. The number of aliphatic hydroxyl groups is 21. The number of fused-ring (bicyclic) bond motifs is 5. The normalized spacial score (nSPS) is 52.1. The lowest BCUT2D eigenvalue weighted by Crippen LogP contribution is -2.66. The molecule has 3 saturated carbocycles. The Morgan fingerprint density at radius 2 is 0.910 bits per heavy atom. The fourth-order valence-corrected chi connectivity index (χ4v) is 18.7. The molecule has 0 aromatic heterocycles. The third kappa shape index (κ3) is 14.8. The minimum Gasteiger partial charge on any atom is -0.394 e. The summed E-state index contributed by atoms with van der Waals surface area (Å²) in [7, 11) is 0. The third-order valence-corrected chi connectivity index (χ3v) is 25.4. The highest BCUT2D eigenvalue weighted by Gasteiger charge is 2.71. The standard InChI is InChI=1S/C67H114O33/c1-25(10-14-39(64(5,6)88)98-62-56(100-60-54(87)48(81)43(76)33(22-71)94-60)50(83)45(78)35(96-62)23-89-57-51(84)40(73)26(2)30(19-68)91-57)27-16-17-65(7)36-13-11-28-29(67(36,9)37(72)18-66(27,65)8)12-15-38(63(28,3)4)97-61-55(99-59-53(86)47(80)42(75)32(21-70)93-59)49(82)44(77)34(95-61)24-90-58-52(85)46(79)41(74)31(20-69)92-58/h11,25-27,29-62,68-88H,10,12-24H2,1-9H3/t25-,26-,27-,29-,30-,31-,32-,33-,34-,35-,36+,37+,38+,39-,40+,41-,42-,43-,44-,45-,46+,47+,48+,49+,50+,51-,52-,53-,54-,55-,56-,57-,58-,59+,60+,61+,62+,65+,66-,67+/m1/s1. The van der Waals surface area contributed by atoms with Crippen LogP contribution in [0.5, 0.6) is 0 Å². The van der Waals surface area contributed by atoms with Gasteiger partial charge in [-0.25, -0.2) is 0 Å². The Hall–Kier alpha value is -1.58. The van der Waals surface area contributed by atoms with E-state index in [4.69, 9.17) is 56.8 Å². The van der Waals surface area contributed by atoms with Gasteiger partial charge in [-0.05, 0) is 99.7 Å². The first-order valence-corrected chi connectivity index (χ1v) is 35.4. The molecule has 0 bridgehead atoms. The summed E-state index contributed by atoms with van der Waals surface area (Å²) in [6.07, 6.45) is -45.2. The van der Waals surface area contributed by atoms with E-state index in [1.807, 2.05) is 13.8 Å². The zero-order valence-corrected chi connectivity index (χ0v) is 58.1. The van der Waals surface area contributed by atoms with Crippen molar-refractivity contribution in [1.82, 2.24) is 0 Å². The molecule has 21 N–H and O–H groups in total. The first-order chi connectivity index (χ1) is 46.9. The van der Waals surface area contributed by atoms with Gasteiger partial charge < -0.3 is 164 Å². The van der Waals surface area contributed by atoms with Crippen LogP contribution in [-0.2, 0) is 56.8 Å². The molecule has 6 aliphatic heterocycles. The van der Waals surface area contributed by atoms with Crippen LogP contribution in [0.1, 0.15) is 114 Å². The summed E-state index contributed by atoms with van der Waals surface area (Å²) in [5.74, 6) is -0.958. The van der Waals surface area contributed by atoms with E-state index in [-0.39, 0.29) is 35.5 Å². The van der Waals surface area contributed by atoms with Gasteiger partial charge in [-0.3, -0.25) is 0 Å². The van der Waals surface area contributed by atoms with E-state index >= 15 is 0 Å². The average Bonchev–Trinajstić information content (AvgIpc) is 1.35. The second-order valence-corrected chi connectivity index (χ2v) is 31.9. The number of ether oxygens (including phenoxy) is 12. The van der Waals surface area contributed by atoms with Crippen molar-refractivity contribution in [2.24, 2.45) is 51.2 Å². The molecule has 4 aliphatic carbocycles. The lowest BCUT2D eigenvalue weighted by molar-refractivity contribution is -0.380. The van der Waals surface area contributed by atoms with Crippen LogP contribution in [0, 0.1) is 51.2 Å². The Labute approximate surface area is 580 Å². The fourth-order valence-electron chi connectivity index (χ4n) is 18.7. The van der Waals surface area contributed by atoms with E-state index in [0.29, 0.717) is 32.1 Å². The molecule has 0 aromatic rings. The van der Waals surface area contributed by atoms with Crippen LogP contribution in [0.2, 0.25) is 0 Å². The lowest BCUT2D eigenvalue weighted by atomic mass is 9.38. The summed E-state index contributed by atoms with van der Waals surface area (Å²) < 4.78 is 72.5. The summed E-state index contributed by atoms with van der Waals surface area (Å²) in [6.45, 7) is 13.3. The molecular weight excluding hydrogens is 1330 g/mol. The maximum atomic E-state index is 13.0. The van der Waals surface area contributed by atoms with Gasteiger partial charge in [-0.2, -0.15) is 0 Å². The highest BCUT2D eigenvalue weighted by Crippen LogP contribution is 2.75. The molecule has 0 unspecified atom stereocenters. The number of aliphatic hydroxyl groups excluding tert-OH is 20. The van der Waals surface area contributed by atoms with Crippen LogP contribution in [0.15, 0.2) is 11.6 Å². The molecule has 100 heavy (non-hydrogen) atoms. The Morgan fingerprint density at radius 3 is 1.40 bits per heavy atom. The zero-order chi connectivity index (χ0) is 73.5. The van der Waals surface area contributed by atoms with E-state index in [2.05, 4.69) is 33.8 Å². The third-order valence-electron chi connectivity index (χ3n) is 25.4. The Morgan fingerprint density at radius 1 is 0.480 bits per heavy atom. The van der Waals surface area contributed by atoms with Crippen LogP contribution >= 0.6 is 0 Å². The van der Waals surface area contributed by atoms with Crippen molar-refractivity contribution in [2.45, 2.75) is 316 Å². The van der Waals surface area contributed by atoms with Crippen molar-refractivity contribution >= 4 is 0 Å². The van der Waals surface area contributed by atoms with Crippen LogP contribution in [-0.4, -0.2) is 349 Å². The van der Waals surface area contributed by atoms with Crippen molar-refractivity contribution in [3.8, 4) is 0 Å². The molecule has 10 rings (SSSR count). The topological polar surface area (TPSA) is 536 Å². The molecule has 0 amide bonds. The second-order valence-electron chi connectivity index (χ2n) is 31.9. The summed E-state index contributed by atoms with van der Waals surface area (Å²) in [5.41, 5.74) is -2.95. The number of hydrogen-bond donors (Lipinski definition) is 21. The SMILES string of the molecule is C[C@H]1[C@H](O)[C@@H](O)[C@H](OC[C@H]2O[C@@H](O[C@H](CC[C@@H](C)[C@H]3CC[C@@]4(C)[C@@H]5CC=C6[C@@H](CC[C@H](O[C@@H]7O[C@H](CO[C@@H]8O[C@H](CO)[C@@H](O)[C@H](O)[C@H]8O)[C@@H](O)[C@H](O)[C@H]7O[C@@H]7O[C@H](CO)[C@@H](O)[C@H](O)[C@H]7O)C6(C)C)[C@]5(C)[C@@H](O)C[C@]34C)C(C)(C)O)[C@H](O[C@@H]3O[C@H](CO)[C@@H](O)[C@H](O)[C@H]3O)[C@@H](O)[C@@H]2O)O[C@@H]1CO. The maximum absolute atomic E-state index is 13.0. The predicted molar refractivity (Wildman–Crippen MR) is 336 cm³/mol. The van der Waals surface area contributed by atoms with Gasteiger partial charge in [0.05, 0.1) is 75.8 Å². The van der Waals surface area contributed by atoms with Gasteiger partial charge in [0.25, 0.3) is 0 Å². The fraction of sp³-hybridized carbons (Fsp3) is 0.970. The van der Waals surface area contributed by atoms with Gasteiger partial charge in [0.2, 0.25) is 0 Å². The Balaban J connectivity index is 0.853. The second kappa shape index (κ2) is 31.6. The molecule has 580 valence electrons. The molecular formula is C67H114O33. The van der Waals surface area contributed by atoms with Gasteiger partial charge in [0.1, 0.15) is 128 Å². The molecule has 0 radical (unpaired) electrons. The van der Waals surface area contributed by atoms with Crippen LogP contribution in [0.4, 0.5) is 0 Å². The van der Waals surface area contributed by atoms with Crippen molar-refractivity contribution in [3.63, 3.8) is 0 Å². The van der Waals surface area contributed by atoms with Gasteiger partial charge in [0, 0.05) is 16.7 Å². The lowest BCUT2D eigenvalue weighted by Gasteiger charge is -2.67. The van der Waals surface area contributed by atoms with Gasteiger partial charge in [-0.1, -0.05) is 60.1 Å². The Bertz CT molecular complexity index is 2670. The van der Waals surface area contributed by atoms with Gasteiger partial charge in [0.15, 0.2) is 37.7 Å². The molecule has 0 aromatic carbocycles. The molecule has 0 spiro atoms. The Kier molecular flexibility index (Phi) is 25.5. The molecule has 33 nitrogen and oxygen atoms in total. The summed E-state index contributed by atoms with van der Waals surface area (Å²) >= 11 is 0. The first kappa shape index (κ1) is 80.9. The minimum atomic E-state index is -1.95. The smallest absolute Gasteiger partial charge is 0.187 e. The van der Waals surface area contributed by atoms with Crippen LogP contribution < -0.4 is 0 Å². The number of rotatable bonds is 23.